The molecule has 2 heterocycles. The van der Waals surface area contributed by atoms with Gasteiger partial charge >= 0.3 is 5.97 Å². The van der Waals surface area contributed by atoms with Crippen LogP contribution in [0.4, 0.5) is 5.69 Å². The van der Waals surface area contributed by atoms with Crippen molar-refractivity contribution >= 4 is 33.0 Å². The van der Waals surface area contributed by atoms with Gasteiger partial charge in [0.25, 0.3) is 10.0 Å². The van der Waals surface area contributed by atoms with Gasteiger partial charge in [0.1, 0.15) is 9.90 Å². The Balaban J connectivity index is 1.92. The molecule has 0 bridgehead atoms. The maximum Gasteiger partial charge on any atom is 0.355 e. The topological polar surface area (TPSA) is 77.4 Å². The predicted molar refractivity (Wildman–Crippen MR) is 101 cm³/mol. The zero-order valence-corrected chi connectivity index (χ0v) is 15.7. The van der Waals surface area contributed by atoms with Crippen LogP contribution in [0.2, 0.25) is 0 Å². The second-order valence-electron chi connectivity index (χ2n) is 5.49. The lowest BCUT2D eigenvalue weighted by molar-refractivity contribution is 0.0514. The fourth-order valence-corrected chi connectivity index (χ4v) is 4.50. The fraction of sp³-hybridized carbons (Fsp3) is 0.167. The number of thiophene rings is 1. The Hall–Kier alpha value is -2.58. The van der Waals surface area contributed by atoms with E-state index in [0.29, 0.717) is 17.9 Å². The summed E-state index contributed by atoms with van der Waals surface area (Å²) in [5.74, 6) is -0.495. The highest BCUT2D eigenvalue weighted by Gasteiger charge is 2.20. The molecule has 0 aliphatic heterocycles. The maximum atomic E-state index is 12.4. The van der Waals surface area contributed by atoms with E-state index in [0.717, 1.165) is 16.9 Å². The third kappa shape index (κ3) is 4.14. The fourth-order valence-electron chi connectivity index (χ4n) is 2.47. The van der Waals surface area contributed by atoms with Crippen LogP contribution in [0.5, 0.6) is 0 Å². The number of rotatable bonds is 7. The van der Waals surface area contributed by atoms with Gasteiger partial charge in [0.2, 0.25) is 0 Å². The molecule has 0 aliphatic rings. The van der Waals surface area contributed by atoms with E-state index in [1.807, 2.05) is 30.3 Å². The number of aromatic nitrogens is 1. The third-order valence-corrected chi connectivity index (χ3v) is 6.37. The van der Waals surface area contributed by atoms with Crippen molar-refractivity contribution in [3.63, 3.8) is 0 Å². The van der Waals surface area contributed by atoms with Gasteiger partial charge in [0, 0.05) is 12.7 Å². The van der Waals surface area contributed by atoms with Gasteiger partial charge in [-0.25, -0.2) is 13.2 Å². The van der Waals surface area contributed by atoms with Crippen LogP contribution in [0.25, 0.3) is 0 Å². The third-order valence-electron chi connectivity index (χ3n) is 3.59. The Kier molecular flexibility index (Phi) is 5.43. The summed E-state index contributed by atoms with van der Waals surface area (Å²) in [6.45, 7) is 2.39. The average Bonchev–Trinajstić information content (AvgIpc) is 3.26. The first-order valence-electron chi connectivity index (χ1n) is 7.97. The van der Waals surface area contributed by atoms with Crippen molar-refractivity contribution in [2.75, 3.05) is 11.3 Å². The van der Waals surface area contributed by atoms with Crippen molar-refractivity contribution in [1.29, 1.82) is 0 Å². The number of hydrogen-bond donors (Lipinski definition) is 1. The van der Waals surface area contributed by atoms with Crippen molar-refractivity contribution in [3.8, 4) is 0 Å². The molecular formula is C18H18N2O4S2. The van der Waals surface area contributed by atoms with Crippen molar-refractivity contribution in [2.45, 2.75) is 17.7 Å². The molecule has 136 valence electrons. The van der Waals surface area contributed by atoms with Crippen LogP contribution in [0.15, 0.2) is 64.3 Å². The molecule has 0 fully saturated rings. The quantitative estimate of drug-likeness (QED) is 0.626. The van der Waals surface area contributed by atoms with Crippen LogP contribution in [0.3, 0.4) is 0 Å². The number of ether oxygens (including phenoxy) is 1. The molecule has 0 amide bonds. The molecule has 1 aromatic carbocycles. The molecule has 0 saturated heterocycles. The number of carbonyl (C=O) groups is 1. The van der Waals surface area contributed by atoms with Gasteiger partial charge in [-0.1, -0.05) is 36.4 Å². The molecule has 6 nitrogen and oxygen atoms in total. The van der Waals surface area contributed by atoms with Crippen molar-refractivity contribution in [2.24, 2.45) is 0 Å². The summed E-state index contributed by atoms with van der Waals surface area (Å²) in [6.07, 6.45) is 1.60. The number of carbonyl (C=O) groups excluding carboxylic acids is 1. The van der Waals surface area contributed by atoms with E-state index in [1.165, 1.54) is 12.1 Å². The molecule has 0 spiro atoms. The van der Waals surface area contributed by atoms with E-state index < -0.39 is 16.0 Å². The average molecular weight is 390 g/mol. The van der Waals surface area contributed by atoms with Gasteiger partial charge in [0.15, 0.2) is 0 Å². The molecule has 2 aromatic heterocycles. The number of hydrogen-bond acceptors (Lipinski definition) is 5. The Morgan fingerprint density at radius 1 is 1.19 bits per heavy atom. The van der Waals surface area contributed by atoms with Gasteiger partial charge in [-0.15, -0.1) is 11.3 Å². The molecule has 8 heteroatoms. The van der Waals surface area contributed by atoms with E-state index >= 15 is 0 Å². The molecule has 0 saturated carbocycles. The molecule has 0 atom stereocenters. The summed E-state index contributed by atoms with van der Waals surface area (Å²) in [6, 6.07) is 14.3. The second-order valence-corrected chi connectivity index (χ2v) is 8.34. The summed E-state index contributed by atoms with van der Waals surface area (Å²) < 4.78 is 34.3. The minimum Gasteiger partial charge on any atom is -0.461 e. The van der Waals surface area contributed by atoms with Crippen molar-refractivity contribution < 1.29 is 17.9 Å². The Morgan fingerprint density at radius 2 is 1.96 bits per heavy atom. The monoisotopic (exact) mass is 390 g/mol. The molecule has 1 N–H and O–H groups in total. The summed E-state index contributed by atoms with van der Waals surface area (Å²) in [4.78, 5) is 12.2. The number of anilines is 1. The van der Waals surface area contributed by atoms with Crippen LogP contribution in [-0.4, -0.2) is 25.6 Å². The zero-order valence-electron chi connectivity index (χ0n) is 14.1. The lowest BCUT2D eigenvalue weighted by Gasteiger charge is -2.08. The van der Waals surface area contributed by atoms with Crippen molar-refractivity contribution in [3.05, 3.63) is 71.4 Å². The molecule has 0 aliphatic carbocycles. The Morgan fingerprint density at radius 3 is 2.62 bits per heavy atom. The molecule has 3 rings (SSSR count). The highest BCUT2D eigenvalue weighted by molar-refractivity contribution is 7.94. The van der Waals surface area contributed by atoms with Crippen LogP contribution in [0.1, 0.15) is 23.0 Å². The van der Waals surface area contributed by atoms with Crippen LogP contribution >= 0.6 is 11.3 Å². The SMILES string of the molecule is CCOC(=O)c1cc(NS(=O)(=O)c2cccs2)cn1Cc1ccccc1. The number of nitrogens with zero attached hydrogens (tertiary/aromatic N) is 1. The summed E-state index contributed by atoms with van der Waals surface area (Å²) >= 11 is 1.13. The molecule has 3 aromatic rings. The summed E-state index contributed by atoms with van der Waals surface area (Å²) in [5.41, 5.74) is 1.60. The summed E-state index contributed by atoms with van der Waals surface area (Å²) in [7, 11) is -3.68. The van der Waals surface area contributed by atoms with Crippen LogP contribution in [0, 0.1) is 0 Å². The van der Waals surface area contributed by atoms with E-state index in [4.69, 9.17) is 4.74 Å². The molecule has 26 heavy (non-hydrogen) atoms. The van der Waals surface area contributed by atoms with Gasteiger partial charge in [0.05, 0.1) is 12.3 Å². The van der Waals surface area contributed by atoms with E-state index in [2.05, 4.69) is 4.72 Å². The van der Waals surface area contributed by atoms with E-state index in [-0.39, 0.29) is 10.8 Å². The van der Waals surface area contributed by atoms with Crippen LogP contribution < -0.4 is 4.72 Å². The van der Waals surface area contributed by atoms with Gasteiger partial charge in [-0.3, -0.25) is 4.72 Å². The lowest BCUT2D eigenvalue weighted by atomic mass is 10.2. The van der Waals surface area contributed by atoms with Gasteiger partial charge in [-0.2, -0.15) is 0 Å². The van der Waals surface area contributed by atoms with Gasteiger partial charge in [-0.05, 0) is 30.0 Å². The van der Waals surface area contributed by atoms with E-state index in [1.54, 1.807) is 29.1 Å². The Labute approximate surface area is 156 Å². The summed E-state index contributed by atoms with van der Waals surface area (Å²) in [5, 5.41) is 1.69. The minimum atomic E-state index is -3.68. The first kappa shape index (κ1) is 18.2. The highest BCUT2D eigenvalue weighted by Crippen LogP contribution is 2.23. The normalized spacial score (nSPS) is 11.3. The largest absolute Gasteiger partial charge is 0.461 e. The van der Waals surface area contributed by atoms with Crippen LogP contribution in [-0.2, 0) is 21.3 Å². The van der Waals surface area contributed by atoms with Crippen molar-refractivity contribution in [1.82, 2.24) is 4.57 Å². The Bertz CT molecular complexity index is 978. The van der Waals surface area contributed by atoms with Gasteiger partial charge < -0.3 is 9.30 Å². The molecule has 0 unspecified atom stereocenters. The first-order valence-corrected chi connectivity index (χ1v) is 10.3. The smallest absolute Gasteiger partial charge is 0.355 e. The minimum absolute atomic E-state index is 0.214. The maximum absolute atomic E-state index is 12.4. The number of benzene rings is 1. The van der Waals surface area contributed by atoms with E-state index in [9.17, 15) is 13.2 Å². The zero-order chi connectivity index (χ0) is 18.6. The molecule has 0 radical (unpaired) electrons. The highest BCUT2D eigenvalue weighted by atomic mass is 32.2. The first-order chi connectivity index (χ1) is 12.5. The predicted octanol–water partition coefficient (Wildman–Crippen LogP) is 3.58. The second kappa shape index (κ2) is 7.76. The number of nitrogens with one attached hydrogen (secondary N) is 1. The number of sulfonamides is 1. The standard InChI is InChI=1S/C18H18N2O4S2/c1-2-24-18(21)16-11-15(19-26(22,23)17-9-6-10-25-17)13-20(16)12-14-7-4-3-5-8-14/h3-11,13,19H,2,12H2,1H3. The molecular weight excluding hydrogens is 372 g/mol. The number of esters is 1. The lowest BCUT2D eigenvalue weighted by Crippen LogP contribution is -2.12.